The standard InChI is InChI=1S/C16H19N3O/c1-2-19(16(20)15-9-5-6-10-18-15)12-14-8-4-3-7-13(14)11-17/h3-10H,2,11-12,17H2,1H3. The second-order valence-electron chi connectivity index (χ2n) is 4.51. The zero-order chi connectivity index (χ0) is 14.4. The van der Waals surface area contributed by atoms with Crippen LogP contribution in [0.15, 0.2) is 48.7 Å². The lowest BCUT2D eigenvalue weighted by Crippen LogP contribution is -2.31. The minimum Gasteiger partial charge on any atom is -0.333 e. The lowest BCUT2D eigenvalue weighted by molar-refractivity contribution is 0.0746. The number of pyridine rings is 1. The minimum absolute atomic E-state index is 0.0556. The van der Waals surface area contributed by atoms with Crippen LogP contribution in [0.4, 0.5) is 0 Å². The van der Waals surface area contributed by atoms with E-state index in [2.05, 4.69) is 4.98 Å². The van der Waals surface area contributed by atoms with Crippen LogP contribution in [0.25, 0.3) is 0 Å². The van der Waals surface area contributed by atoms with Crippen molar-refractivity contribution in [3.05, 3.63) is 65.5 Å². The van der Waals surface area contributed by atoms with Crippen molar-refractivity contribution in [1.82, 2.24) is 9.88 Å². The summed E-state index contributed by atoms with van der Waals surface area (Å²) in [5.41, 5.74) is 8.36. The van der Waals surface area contributed by atoms with Crippen molar-refractivity contribution >= 4 is 5.91 Å². The monoisotopic (exact) mass is 269 g/mol. The lowest BCUT2D eigenvalue weighted by Gasteiger charge is -2.22. The number of hydrogen-bond acceptors (Lipinski definition) is 3. The number of rotatable bonds is 5. The Hall–Kier alpha value is -2.20. The van der Waals surface area contributed by atoms with Crippen LogP contribution in [0, 0.1) is 0 Å². The Morgan fingerprint density at radius 3 is 2.45 bits per heavy atom. The number of amides is 1. The first kappa shape index (κ1) is 14.2. The lowest BCUT2D eigenvalue weighted by atomic mass is 10.1. The van der Waals surface area contributed by atoms with Crippen LogP contribution in [0.2, 0.25) is 0 Å². The number of benzene rings is 1. The molecular weight excluding hydrogens is 250 g/mol. The van der Waals surface area contributed by atoms with E-state index in [0.29, 0.717) is 25.3 Å². The van der Waals surface area contributed by atoms with E-state index >= 15 is 0 Å². The van der Waals surface area contributed by atoms with Crippen molar-refractivity contribution in [2.24, 2.45) is 5.73 Å². The molecule has 2 N–H and O–H groups in total. The topological polar surface area (TPSA) is 59.2 Å². The van der Waals surface area contributed by atoms with Gasteiger partial charge in [-0.2, -0.15) is 0 Å². The van der Waals surface area contributed by atoms with Crippen molar-refractivity contribution in [2.45, 2.75) is 20.0 Å². The van der Waals surface area contributed by atoms with Gasteiger partial charge in [-0.25, -0.2) is 0 Å². The first-order valence-corrected chi connectivity index (χ1v) is 6.73. The Morgan fingerprint density at radius 2 is 1.85 bits per heavy atom. The predicted molar refractivity (Wildman–Crippen MR) is 79.0 cm³/mol. The molecule has 0 saturated carbocycles. The van der Waals surface area contributed by atoms with Gasteiger partial charge in [-0.1, -0.05) is 30.3 Å². The molecule has 0 atom stereocenters. The average Bonchev–Trinajstić information content (AvgIpc) is 2.53. The van der Waals surface area contributed by atoms with Gasteiger partial charge in [0.05, 0.1) is 0 Å². The zero-order valence-corrected chi connectivity index (χ0v) is 11.6. The summed E-state index contributed by atoms with van der Waals surface area (Å²) in [5, 5.41) is 0. The predicted octanol–water partition coefficient (Wildman–Crippen LogP) is 2.20. The van der Waals surface area contributed by atoms with Crippen molar-refractivity contribution < 1.29 is 4.79 Å². The molecule has 0 aliphatic heterocycles. The molecule has 1 amide bonds. The Balaban J connectivity index is 2.19. The zero-order valence-electron chi connectivity index (χ0n) is 11.6. The van der Waals surface area contributed by atoms with Crippen molar-refractivity contribution in [2.75, 3.05) is 6.54 Å². The van der Waals surface area contributed by atoms with E-state index in [-0.39, 0.29) is 5.91 Å². The second-order valence-corrected chi connectivity index (χ2v) is 4.51. The van der Waals surface area contributed by atoms with E-state index in [4.69, 9.17) is 5.73 Å². The number of hydrogen-bond donors (Lipinski definition) is 1. The maximum Gasteiger partial charge on any atom is 0.272 e. The second kappa shape index (κ2) is 6.82. The van der Waals surface area contributed by atoms with Gasteiger partial charge in [-0.15, -0.1) is 0 Å². The molecule has 0 aliphatic carbocycles. The summed E-state index contributed by atoms with van der Waals surface area (Å²) < 4.78 is 0. The molecule has 1 heterocycles. The summed E-state index contributed by atoms with van der Waals surface area (Å²) >= 11 is 0. The van der Waals surface area contributed by atoms with Crippen molar-refractivity contribution in [1.29, 1.82) is 0 Å². The van der Waals surface area contributed by atoms with Gasteiger partial charge in [0, 0.05) is 25.8 Å². The molecule has 0 unspecified atom stereocenters. The van der Waals surface area contributed by atoms with Crippen molar-refractivity contribution in [3.63, 3.8) is 0 Å². The van der Waals surface area contributed by atoms with E-state index in [9.17, 15) is 4.79 Å². The first-order chi connectivity index (χ1) is 9.76. The SMILES string of the molecule is CCN(Cc1ccccc1CN)C(=O)c1ccccn1. The molecule has 4 heteroatoms. The van der Waals surface area contributed by atoms with E-state index in [1.807, 2.05) is 37.3 Å². The van der Waals surface area contributed by atoms with Gasteiger partial charge in [0.2, 0.25) is 0 Å². The van der Waals surface area contributed by atoms with Crippen LogP contribution in [0.5, 0.6) is 0 Å². The molecule has 20 heavy (non-hydrogen) atoms. The van der Waals surface area contributed by atoms with E-state index in [1.54, 1.807) is 23.2 Å². The van der Waals surface area contributed by atoms with E-state index < -0.39 is 0 Å². The molecule has 1 aromatic carbocycles. The van der Waals surface area contributed by atoms with Crippen molar-refractivity contribution in [3.8, 4) is 0 Å². The Morgan fingerprint density at radius 1 is 1.15 bits per heavy atom. The Kier molecular flexibility index (Phi) is 4.85. The highest BCUT2D eigenvalue weighted by molar-refractivity contribution is 5.92. The molecule has 0 saturated heterocycles. The summed E-state index contributed by atoms with van der Waals surface area (Å²) in [6, 6.07) is 13.3. The fraction of sp³-hybridized carbons (Fsp3) is 0.250. The highest BCUT2D eigenvalue weighted by Crippen LogP contribution is 2.13. The molecule has 2 rings (SSSR count). The molecule has 104 valence electrons. The quantitative estimate of drug-likeness (QED) is 0.905. The Bertz CT molecular complexity index is 569. The molecule has 1 aromatic heterocycles. The van der Waals surface area contributed by atoms with Gasteiger partial charge in [0.25, 0.3) is 5.91 Å². The molecule has 0 fully saturated rings. The van der Waals surface area contributed by atoms with Crippen LogP contribution >= 0.6 is 0 Å². The third kappa shape index (κ3) is 3.22. The van der Waals surface area contributed by atoms with Crippen LogP contribution < -0.4 is 5.73 Å². The van der Waals surface area contributed by atoms with Crippen LogP contribution in [-0.2, 0) is 13.1 Å². The maximum absolute atomic E-state index is 12.4. The van der Waals surface area contributed by atoms with Gasteiger partial charge >= 0.3 is 0 Å². The molecule has 2 aromatic rings. The van der Waals surface area contributed by atoms with E-state index in [1.165, 1.54) is 0 Å². The highest BCUT2D eigenvalue weighted by Gasteiger charge is 2.16. The third-order valence-corrected chi connectivity index (χ3v) is 3.25. The summed E-state index contributed by atoms with van der Waals surface area (Å²) in [7, 11) is 0. The number of carbonyl (C=O) groups is 1. The van der Waals surface area contributed by atoms with Gasteiger partial charge < -0.3 is 10.6 Å². The molecular formula is C16H19N3O. The third-order valence-electron chi connectivity index (χ3n) is 3.25. The fourth-order valence-corrected chi connectivity index (χ4v) is 2.09. The van der Waals surface area contributed by atoms with Crippen LogP contribution in [-0.4, -0.2) is 22.3 Å². The summed E-state index contributed by atoms with van der Waals surface area (Å²) in [4.78, 5) is 18.3. The number of carbonyl (C=O) groups excluding carboxylic acids is 1. The minimum atomic E-state index is -0.0556. The van der Waals surface area contributed by atoms with Gasteiger partial charge in [-0.05, 0) is 30.2 Å². The Labute approximate surface area is 119 Å². The number of nitrogens with two attached hydrogens (primary N) is 1. The van der Waals surface area contributed by atoms with Gasteiger partial charge in [-0.3, -0.25) is 9.78 Å². The summed E-state index contributed by atoms with van der Waals surface area (Å²) in [6.07, 6.45) is 1.63. The molecule has 4 nitrogen and oxygen atoms in total. The first-order valence-electron chi connectivity index (χ1n) is 6.73. The highest BCUT2D eigenvalue weighted by atomic mass is 16.2. The smallest absolute Gasteiger partial charge is 0.272 e. The molecule has 0 radical (unpaired) electrons. The summed E-state index contributed by atoms with van der Waals surface area (Å²) in [6.45, 7) is 3.63. The fourth-order valence-electron chi connectivity index (χ4n) is 2.09. The molecule has 0 bridgehead atoms. The number of aromatic nitrogens is 1. The van der Waals surface area contributed by atoms with Crippen LogP contribution in [0.3, 0.4) is 0 Å². The maximum atomic E-state index is 12.4. The molecule has 0 aliphatic rings. The normalized spacial score (nSPS) is 10.3. The number of nitrogens with zero attached hydrogens (tertiary/aromatic N) is 2. The van der Waals surface area contributed by atoms with Crippen LogP contribution in [0.1, 0.15) is 28.5 Å². The summed E-state index contributed by atoms with van der Waals surface area (Å²) in [5.74, 6) is -0.0556. The van der Waals surface area contributed by atoms with E-state index in [0.717, 1.165) is 11.1 Å². The average molecular weight is 269 g/mol. The largest absolute Gasteiger partial charge is 0.333 e. The molecule has 0 spiro atoms. The van der Waals surface area contributed by atoms with Gasteiger partial charge in [0.15, 0.2) is 0 Å². The van der Waals surface area contributed by atoms with Gasteiger partial charge in [0.1, 0.15) is 5.69 Å².